The van der Waals surface area contributed by atoms with E-state index in [1.807, 2.05) is 35.7 Å². The van der Waals surface area contributed by atoms with Gasteiger partial charge in [-0.25, -0.2) is 8.42 Å². The minimum absolute atomic E-state index is 0.0635. The Kier molecular flexibility index (Phi) is 8.01. The maximum atomic E-state index is 13.8. The third-order valence-corrected chi connectivity index (χ3v) is 9.40. The second-order valence-corrected chi connectivity index (χ2v) is 12.1. The molecule has 1 atom stereocenters. The number of sulfonamides is 1. The van der Waals surface area contributed by atoms with Gasteiger partial charge in [0.15, 0.2) is 0 Å². The van der Waals surface area contributed by atoms with Gasteiger partial charge >= 0.3 is 0 Å². The fourth-order valence-electron chi connectivity index (χ4n) is 4.55. The van der Waals surface area contributed by atoms with Gasteiger partial charge < -0.3 is 15.0 Å². The maximum Gasteiger partial charge on any atom is 0.243 e. The normalized spacial score (nSPS) is 15.5. The molecular weight excluding hydrogens is 510 g/mol. The van der Waals surface area contributed by atoms with Crippen LogP contribution in [-0.4, -0.2) is 55.7 Å². The monoisotopic (exact) mass is 541 g/mol. The van der Waals surface area contributed by atoms with Gasteiger partial charge in [-0.15, -0.1) is 11.3 Å². The summed E-state index contributed by atoms with van der Waals surface area (Å²) in [5, 5.41) is 4.66. The third kappa shape index (κ3) is 5.71. The van der Waals surface area contributed by atoms with Crippen molar-refractivity contribution in [2.24, 2.45) is 0 Å². The Labute approximate surface area is 221 Å². The number of hydrogen-bond acceptors (Lipinski definition) is 6. The fourth-order valence-corrected chi connectivity index (χ4v) is 7.04. The van der Waals surface area contributed by atoms with E-state index in [1.165, 1.54) is 40.4 Å². The number of nitrogens with one attached hydrogen (secondary N) is 1. The van der Waals surface area contributed by atoms with Crippen molar-refractivity contribution >= 4 is 38.9 Å². The number of amides is 2. The smallest absolute Gasteiger partial charge is 0.243 e. The van der Waals surface area contributed by atoms with Crippen LogP contribution in [0.3, 0.4) is 0 Å². The van der Waals surface area contributed by atoms with Gasteiger partial charge in [0.2, 0.25) is 21.8 Å². The number of anilines is 1. The van der Waals surface area contributed by atoms with Crippen LogP contribution >= 0.6 is 11.3 Å². The van der Waals surface area contributed by atoms with E-state index in [1.54, 1.807) is 37.2 Å². The molecule has 1 N–H and O–H groups in total. The molecular formula is C27H31N3O5S2. The van der Waals surface area contributed by atoms with E-state index < -0.39 is 16.1 Å². The maximum absolute atomic E-state index is 13.8. The van der Waals surface area contributed by atoms with Crippen molar-refractivity contribution in [1.82, 2.24) is 9.21 Å². The van der Waals surface area contributed by atoms with Crippen molar-refractivity contribution in [1.29, 1.82) is 0 Å². The molecule has 0 saturated heterocycles. The van der Waals surface area contributed by atoms with Gasteiger partial charge in [-0.2, -0.15) is 4.31 Å². The molecule has 10 heteroatoms. The molecule has 0 bridgehead atoms. The minimum Gasteiger partial charge on any atom is -0.497 e. The van der Waals surface area contributed by atoms with Gasteiger partial charge in [0.1, 0.15) is 5.75 Å². The minimum atomic E-state index is -3.96. The first-order chi connectivity index (χ1) is 17.6. The number of thiophene rings is 1. The van der Waals surface area contributed by atoms with Gasteiger partial charge in [0.25, 0.3) is 0 Å². The molecule has 1 aromatic heterocycles. The summed E-state index contributed by atoms with van der Waals surface area (Å²) in [6.07, 6.45) is 0.727. The van der Waals surface area contributed by atoms with E-state index in [4.69, 9.17) is 4.74 Å². The van der Waals surface area contributed by atoms with Gasteiger partial charge in [0, 0.05) is 30.1 Å². The van der Waals surface area contributed by atoms with Crippen LogP contribution in [-0.2, 0) is 26.0 Å². The second-order valence-electron chi connectivity index (χ2n) is 9.16. The van der Waals surface area contributed by atoms with Crippen LogP contribution in [0.1, 0.15) is 42.8 Å². The molecule has 0 fully saturated rings. The van der Waals surface area contributed by atoms with Crippen molar-refractivity contribution < 1.29 is 22.7 Å². The summed E-state index contributed by atoms with van der Waals surface area (Å²) in [4.78, 5) is 28.1. The molecule has 0 spiro atoms. The van der Waals surface area contributed by atoms with Crippen molar-refractivity contribution in [3.05, 3.63) is 76.0 Å². The zero-order chi connectivity index (χ0) is 26.7. The number of hydrogen-bond donors (Lipinski definition) is 1. The van der Waals surface area contributed by atoms with E-state index >= 15 is 0 Å². The molecule has 0 saturated carbocycles. The average molecular weight is 542 g/mol. The number of nitrogens with zero attached hydrogens (tertiary/aromatic N) is 2. The zero-order valence-electron chi connectivity index (χ0n) is 21.3. The standard InChI is InChI=1S/C27H31N3O5S2/c1-18(2)30(37(33,34)23-11-7-21(8-12-23)28-19(3)31)17-26(32)29-15-13-25-24(14-16-36-25)27(29)20-5-9-22(35-4)10-6-20/h5-12,14,16,18,27H,13,15,17H2,1-4H3,(H,28,31). The van der Waals surface area contributed by atoms with E-state index in [9.17, 15) is 18.0 Å². The lowest BCUT2D eigenvalue weighted by molar-refractivity contribution is -0.133. The molecule has 3 aromatic rings. The highest BCUT2D eigenvalue weighted by Gasteiger charge is 2.36. The predicted molar refractivity (Wildman–Crippen MR) is 144 cm³/mol. The number of carbonyl (C=O) groups is 2. The second kappa shape index (κ2) is 11.0. The third-order valence-electron chi connectivity index (χ3n) is 6.37. The molecule has 0 radical (unpaired) electrons. The Morgan fingerprint density at radius 2 is 1.78 bits per heavy atom. The van der Waals surface area contributed by atoms with Crippen LogP contribution in [0.15, 0.2) is 64.9 Å². The van der Waals surface area contributed by atoms with Gasteiger partial charge in [0.05, 0.1) is 24.6 Å². The number of benzene rings is 2. The lowest BCUT2D eigenvalue weighted by atomic mass is 9.93. The van der Waals surface area contributed by atoms with E-state index in [-0.39, 0.29) is 29.3 Å². The lowest BCUT2D eigenvalue weighted by Gasteiger charge is -2.38. The van der Waals surface area contributed by atoms with Crippen LogP contribution in [0.25, 0.3) is 0 Å². The Bertz CT molecular complexity index is 1370. The van der Waals surface area contributed by atoms with Crippen LogP contribution < -0.4 is 10.1 Å². The van der Waals surface area contributed by atoms with Gasteiger partial charge in [-0.05, 0) is 79.2 Å². The molecule has 196 valence electrons. The Morgan fingerprint density at radius 1 is 1.11 bits per heavy atom. The predicted octanol–water partition coefficient (Wildman–Crippen LogP) is 4.29. The quantitative estimate of drug-likeness (QED) is 0.459. The van der Waals surface area contributed by atoms with Gasteiger partial charge in [-0.1, -0.05) is 12.1 Å². The number of methoxy groups -OCH3 is 1. The first kappa shape index (κ1) is 26.8. The van der Waals surface area contributed by atoms with E-state index in [0.29, 0.717) is 12.2 Å². The molecule has 4 rings (SSSR count). The molecule has 1 aliphatic heterocycles. The average Bonchev–Trinajstić information content (AvgIpc) is 3.35. The Balaban J connectivity index is 1.62. The van der Waals surface area contributed by atoms with Crippen LogP contribution in [0.2, 0.25) is 0 Å². The summed E-state index contributed by atoms with van der Waals surface area (Å²) in [5.74, 6) is 0.223. The molecule has 2 amide bonds. The summed E-state index contributed by atoms with van der Waals surface area (Å²) >= 11 is 1.68. The number of carbonyl (C=O) groups excluding carboxylic acids is 2. The summed E-state index contributed by atoms with van der Waals surface area (Å²) in [5.41, 5.74) is 2.52. The van der Waals surface area contributed by atoms with Crippen molar-refractivity contribution in [3.63, 3.8) is 0 Å². The Hall–Kier alpha value is -3.21. The first-order valence-corrected chi connectivity index (χ1v) is 14.3. The van der Waals surface area contributed by atoms with E-state index in [0.717, 1.165) is 23.3 Å². The van der Waals surface area contributed by atoms with Gasteiger partial charge in [-0.3, -0.25) is 9.59 Å². The SMILES string of the molecule is COc1ccc(C2c3ccsc3CCN2C(=O)CN(C(C)C)S(=O)(=O)c2ccc(NC(C)=O)cc2)cc1. The highest BCUT2D eigenvalue weighted by Crippen LogP contribution is 2.38. The topological polar surface area (TPSA) is 96.0 Å². The highest BCUT2D eigenvalue weighted by atomic mass is 32.2. The lowest BCUT2D eigenvalue weighted by Crippen LogP contribution is -2.48. The summed E-state index contributed by atoms with van der Waals surface area (Å²) in [6.45, 7) is 5.12. The first-order valence-electron chi connectivity index (χ1n) is 12.0. The Morgan fingerprint density at radius 3 is 2.38 bits per heavy atom. The van der Waals surface area contributed by atoms with E-state index in [2.05, 4.69) is 5.32 Å². The molecule has 37 heavy (non-hydrogen) atoms. The van der Waals surface area contributed by atoms with Crippen LogP contribution in [0, 0.1) is 0 Å². The number of rotatable bonds is 8. The van der Waals surface area contributed by atoms with Crippen molar-refractivity contribution in [2.45, 2.75) is 44.2 Å². The summed E-state index contributed by atoms with van der Waals surface area (Å²) in [7, 11) is -2.35. The molecule has 1 aliphatic rings. The van der Waals surface area contributed by atoms with Crippen molar-refractivity contribution in [2.75, 3.05) is 25.5 Å². The summed E-state index contributed by atoms with van der Waals surface area (Å²) in [6, 6.07) is 14.9. The molecule has 8 nitrogen and oxygen atoms in total. The molecule has 2 aromatic carbocycles. The number of ether oxygens (including phenoxy) is 1. The largest absolute Gasteiger partial charge is 0.497 e. The molecule has 1 unspecified atom stereocenters. The summed E-state index contributed by atoms with van der Waals surface area (Å²) < 4.78 is 33.7. The highest BCUT2D eigenvalue weighted by molar-refractivity contribution is 7.89. The molecule has 0 aliphatic carbocycles. The van der Waals surface area contributed by atoms with Crippen LogP contribution in [0.4, 0.5) is 5.69 Å². The van der Waals surface area contributed by atoms with Crippen LogP contribution in [0.5, 0.6) is 5.75 Å². The molecule has 2 heterocycles. The number of fused-ring (bicyclic) bond motifs is 1. The van der Waals surface area contributed by atoms with Crippen molar-refractivity contribution in [3.8, 4) is 5.75 Å². The fraction of sp³-hybridized carbons (Fsp3) is 0.333. The zero-order valence-corrected chi connectivity index (χ0v) is 22.9.